The number of anilines is 1. The van der Waals surface area contributed by atoms with E-state index < -0.39 is 0 Å². The van der Waals surface area contributed by atoms with Gasteiger partial charge in [0.25, 0.3) is 0 Å². The van der Waals surface area contributed by atoms with Gasteiger partial charge in [-0.25, -0.2) is 0 Å². The molecule has 1 aromatic heterocycles. The van der Waals surface area contributed by atoms with Gasteiger partial charge in [-0.2, -0.15) is 0 Å². The highest BCUT2D eigenvalue weighted by Crippen LogP contribution is 2.36. The van der Waals surface area contributed by atoms with Gasteiger partial charge in [-0.1, -0.05) is 0 Å². The maximum atomic E-state index is 12.4. The number of hydrogen-bond acceptors (Lipinski definition) is 4. The molecule has 112 valence electrons. The van der Waals surface area contributed by atoms with Crippen molar-refractivity contribution in [3.63, 3.8) is 0 Å². The average molecular weight is 287 g/mol. The van der Waals surface area contributed by atoms with Crippen LogP contribution in [0.15, 0.2) is 24.5 Å². The monoisotopic (exact) mass is 287 g/mol. The van der Waals surface area contributed by atoms with E-state index in [1.54, 1.807) is 12.4 Å². The SMILES string of the molecule is O=C1C[C@@H]2[C@H](CCN2CC2CCOC2)N1c1cccnc1. The molecule has 0 N–H and O–H groups in total. The van der Waals surface area contributed by atoms with Crippen molar-refractivity contribution in [3.05, 3.63) is 24.5 Å². The molecule has 1 unspecified atom stereocenters. The Kier molecular flexibility index (Phi) is 3.39. The van der Waals surface area contributed by atoms with Crippen molar-refractivity contribution in [2.24, 2.45) is 5.92 Å². The predicted molar refractivity (Wildman–Crippen MR) is 79.0 cm³/mol. The van der Waals surface area contributed by atoms with Gasteiger partial charge in [0.1, 0.15) is 0 Å². The number of carbonyl (C=O) groups is 1. The first-order valence-electron chi connectivity index (χ1n) is 7.87. The number of fused-ring (bicyclic) bond motifs is 1. The minimum absolute atomic E-state index is 0.241. The van der Waals surface area contributed by atoms with Crippen molar-refractivity contribution in [1.82, 2.24) is 9.88 Å². The number of ether oxygens (including phenoxy) is 1. The van der Waals surface area contributed by atoms with Crippen molar-refractivity contribution in [2.45, 2.75) is 31.3 Å². The highest BCUT2D eigenvalue weighted by Gasteiger charge is 2.47. The lowest BCUT2D eigenvalue weighted by molar-refractivity contribution is -0.117. The molecule has 5 heteroatoms. The molecule has 3 saturated heterocycles. The molecule has 0 bridgehead atoms. The zero-order chi connectivity index (χ0) is 14.2. The molecule has 0 saturated carbocycles. The van der Waals surface area contributed by atoms with E-state index in [9.17, 15) is 4.79 Å². The summed E-state index contributed by atoms with van der Waals surface area (Å²) in [7, 11) is 0. The molecule has 3 aliphatic heterocycles. The lowest BCUT2D eigenvalue weighted by atomic mass is 10.1. The summed E-state index contributed by atoms with van der Waals surface area (Å²) in [5.41, 5.74) is 0.945. The molecule has 3 atom stereocenters. The van der Waals surface area contributed by atoms with E-state index in [0.29, 0.717) is 24.4 Å². The Balaban J connectivity index is 1.50. The van der Waals surface area contributed by atoms with Crippen LogP contribution in [0.3, 0.4) is 0 Å². The van der Waals surface area contributed by atoms with Gasteiger partial charge in [-0.05, 0) is 30.9 Å². The summed E-state index contributed by atoms with van der Waals surface area (Å²) in [5, 5.41) is 0. The zero-order valence-corrected chi connectivity index (χ0v) is 12.1. The summed E-state index contributed by atoms with van der Waals surface area (Å²) >= 11 is 0. The number of carbonyl (C=O) groups excluding carboxylic acids is 1. The van der Waals surface area contributed by atoms with Crippen LogP contribution in [0, 0.1) is 5.92 Å². The summed E-state index contributed by atoms with van der Waals surface area (Å²) in [5.74, 6) is 0.886. The second kappa shape index (κ2) is 5.39. The Labute approximate surface area is 124 Å². The van der Waals surface area contributed by atoms with Gasteiger partial charge in [-0.3, -0.25) is 14.7 Å². The summed E-state index contributed by atoms with van der Waals surface area (Å²) in [6, 6.07) is 4.58. The number of aromatic nitrogens is 1. The van der Waals surface area contributed by atoms with E-state index in [4.69, 9.17) is 4.74 Å². The number of pyridine rings is 1. The molecule has 21 heavy (non-hydrogen) atoms. The van der Waals surface area contributed by atoms with E-state index in [1.165, 1.54) is 0 Å². The highest BCUT2D eigenvalue weighted by molar-refractivity contribution is 5.97. The van der Waals surface area contributed by atoms with Gasteiger partial charge in [0, 0.05) is 38.4 Å². The van der Waals surface area contributed by atoms with Crippen molar-refractivity contribution >= 4 is 11.6 Å². The molecule has 1 amide bonds. The van der Waals surface area contributed by atoms with Crippen molar-refractivity contribution in [3.8, 4) is 0 Å². The summed E-state index contributed by atoms with van der Waals surface area (Å²) < 4.78 is 5.48. The van der Waals surface area contributed by atoms with Gasteiger partial charge in [0.15, 0.2) is 0 Å². The van der Waals surface area contributed by atoms with Crippen LogP contribution in [-0.2, 0) is 9.53 Å². The van der Waals surface area contributed by atoms with Crippen LogP contribution >= 0.6 is 0 Å². The first-order chi connectivity index (χ1) is 10.3. The fraction of sp³-hybridized carbons (Fsp3) is 0.625. The first kappa shape index (κ1) is 13.2. The fourth-order valence-corrected chi connectivity index (χ4v) is 4.05. The number of rotatable bonds is 3. The molecule has 0 aromatic carbocycles. The first-order valence-corrected chi connectivity index (χ1v) is 7.87. The molecular formula is C16H21N3O2. The van der Waals surface area contributed by atoms with E-state index >= 15 is 0 Å². The van der Waals surface area contributed by atoms with Gasteiger partial charge in [-0.15, -0.1) is 0 Å². The molecule has 4 rings (SSSR count). The Morgan fingerprint density at radius 1 is 1.33 bits per heavy atom. The topological polar surface area (TPSA) is 45.7 Å². The molecule has 3 aliphatic rings. The molecule has 4 heterocycles. The van der Waals surface area contributed by atoms with Crippen LogP contribution < -0.4 is 4.90 Å². The largest absolute Gasteiger partial charge is 0.381 e. The second-order valence-corrected chi connectivity index (χ2v) is 6.33. The average Bonchev–Trinajstić information content (AvgIpc) is 3.19. The number of likely N-dealkylation sites (tertiary alicyclic amines) is 1. The molecule has 1 aromatic rings. The third-order valence-electron chi connectivity index (χ3n) is 5.05. The standard InChI is InChI=1S/C16H21N3O2/c20-16-8-15-14(19(16)13-2-1-5-17-9-13)3-6-18(15)10-12-4-7-21-11-12/h1-2,5,9,12,14-15H,3-4,6-8,10-11H2/t12?,14-,15+/m0/s1. The number of nitrogens with zero attached hydrogens (tertiary/aromatic N) is 3. The lowest BCUT2D eigenvalue weighted by Gasteiger charge is -2.26. The van der Waals surface area contributed by atoms with E-state index in [-0.39, 0.29) is 5.91 Å². The van der Waals surface area contributed by atoms with Crippen LogP contribution in [-0.4, -0.2) is 54.2 Å². The molecule has 5 nitrogen and oxygen atoms in total. The van der Waals surface area contributed by atoms with Crippen molar-refractivity contribution in [1.29, 1.82) is 0 Å². The molecule has 0 aliphatic carbocycles. The van der Waals surface area contributed by atoms with E-state index in [2.05, 4.69) is 9.88 Å². The van der Waals surface area contributed by atoms with E-state index in [1.807, 2.05) is 17.0 Å². The maximum Gasteiger partial charge on any atom is 0.229 e. The predicted octanol–water partition coefficient (Wildman–Crippen LogP) is 1.30. The van der Waals surface area contributed by atoms with Crippen molar-refractivity contribution < 1.29 is 9.53 Å². The molecule has 0 spiro atoms. The van der Waals surface area contributed by atoms with Gasteiger partial charge in [0.05, 0.1) is 24.5 Å². The molecule has 3 fully saturated rings. The van der Waals surface area contributed by atoms with Crippen LogP contribution in [0.2, 0.25) is 0 Å². The van der Waals surface area contributed by atoms with Crippen LogP contribution in [0.5, 0.6) is 0 Å². The molecular weight excluding hydrogens is 266 g/mol. The van der Waals surface area contributed by atoms with Crippen LogP contribution in [0.25, 0.3) is 0 Å². The van der Waals surface area contributed by atoms with Gasteiger partial charge in [0.2, 0.25) is 5.91 Å². The van der Waals surface area contributed by atoms with Crippen LogP contribution in [0.1, 0.15) is 19.3 Å². The molecule has 0 radical (unpaired) electrons. The van der Waals surface area contributed by atoms with Crippen molar-refractivity contribution in [2.75, 3.05) is 31.2 Å². The Bertz CT molecular complexity index is 516. The number of amides is 1. The minimum Gasteiger partial charge on any atom is -0.381 e. The van der Waals surface area contributed by atoms with Gasteiger partial charge < -0.3 is 9.64 Å². The quantitative estimate of drug-likeness (QED) is 0.840. The lowest BCUT2D eigenvalue weighted by Crippen LogP contribution is -2.39. The Morgan fingerprint density at radius 3 is 3.05 bits per heavy atom. The third-order valence-corrected chi connectivity index (χ3v) is 5.05. The Hall–Kier alpha value is -1.46. The fourth-order valence-electron chi connectivity index (χ4n) is 4.05. The summed E-state index contributed by atoms with van der Waals surface area (Å²) in [6.45, 7) is 3.95. The highest BCUT2D eigenvalue weighted by atomic mass is 16.5. The maximum absolute atomic E-state index is 12.4. The number of hydrogen-bond donors (Lipinski definition) is 0. The minimum atomic E-state index is 0.241. The normalized spacial score (nSPS) is 32.9. The van der Waals surface area contributed by atoms with Gasteiger partial charge >= 0.3 is 0 Å². The third kappa shape index (κ3) is 2.34. The van der Waals surface area contributed by atoms with E-state index in [0.717, 1.165) is 44.8 Å². The second-order valence-electron chi connectivity index (χ2n) is 6.33. The Morgan fingerprint density at radius 2 is 2.29 bits per heavy atom. The van der Waals surface area contributed by atoms with Crippen LogP contribution in [0.4, 0.5) is 5.69 Å². The summed E-state index contributed by atoms with van der Waals surface area (Å²) in [4.78, 5) is 21.1. The zero-order valence-electron chi connectivity index (χ0n) is 12.1. The summed E-state index contributed by atoms with van der Waals surface area (Å²) in [6.07, 6.45) is 6.43. The smallest absolute Gasteiger partial charge is 0.229 e.